The van der Waals surface area contributed by atoms with Gasteiger partial charge in [0.2, 0.25) is 5.91 Å². The molecular weight excluding hydrogens is 350 g/mol. The maximum atomic E-state index is 12.9. The molecule has 2 heterocycles. The lowest BCUT2D eigenvalue weighted by Crippen LogP contribution is -2.57. The summed E-state index contributed by atoms with van der Waals surface area (Å²) >= 11 is 0. The number of hydrogen-bond acceptors (Lipinski definition) is 4. The molecule has 1 aromatic carbocycles. The summed E-state index contributed by atoms with van der Waals surface area (Å²) in [5.41, 5.74) is 0.899. The third kappa shape index (κ3) is 4.69. The second kappa shape index (κ2) is 8.75. The van der Waals surface area contributed by atoms with Crippen LogP contribution in [0.1, 0.15) is 24.8 Å². The number of ether oxygens (including phenoxy) is 1. The Morgan fingerprint density at radius 3 is 2.30 bits per heavy atom. The molecule has 1 aromatic rings. The van der Waals surface area contributed by atoms with Crippen molar-refractivity contribution in [1.82, 2.24) is 14.7 Å². The van der Waals surface area contributed by atoms with Gasteiger partial charge in [0.25, 0.3) is 0 Å². The summed E-state index contributed by atoms with van der Waals surface area (Å²) in [5.74, 6) is -0.114. The number of piperidine rings is 1. The first-order valence-corrected chi connectivity index (χ1v) is 9.30. The molecule has 8 heteroatoms. The smallest absolute Gasteiger partial charge is 0.410 e. The normalized spacial score (nSPS) is 20.3. The molecule has 0 radical (unpaired) electrons. The van der Waals surface area contributed by atoms with Gasteiger partial charge in [0.1, 0.15) is 12.6 Å². The van der Waals surface area contributed by atoms with E-state index in [0.29, 0.717) is 39.1 Å². The Hall–Kier alpha value is -2.77. The van der Waals surface area contributed by atoms with Gasteiger partial charge in [-0.05, 0) is 24.8 Å². The second-order valence-electron chi connectivity index (χ2n) is 6.84. The molecule has 1 unspecified atom stereocenters. The van der Waals surface area contributed by atoms with Crippen molar-refractivity contribution in [2.45, 2.75) is 31.9 Å². The van der Waals surface area contributed by atoms with Crippen LogP contribution < -0.4 is 0 Å². The van der Waals surface area contributed by atoms with Crippen molar-refractivity contribution in [2.75, 3.05) is 32.7 Å². The molecule has 3 amide bonds. The van der Waals surface area contributed by atoms with Crippen LogP contribution in [0.3, 0.4) is 0 Å². The fourth-order valence-corrected chi connectivity index (χ4v) is 3.54. The highest BCUT2D eigenvalue weighted by Crippen LogP contribution is 2.21. The van der Waals surface area contributed by atoms with E-state index in [1.807, 2.05) is 30.3 Å². The number of carboxylic acid groups (broad SMARTS) is 1. The number of piperazine rings is 1. The number of carbonyl (C=O) groups is 3. The maximum Gasteiger partial charge on any atom is 0.410 e. The summed E-state index contributed by atoms with van der Waals surface area (Å²) in [7, 11) is 0. The van der Waals surface area contributed by atoms with Crippen LogP contribution in [-0.4, -0.2) is 76.7 Å². The van der Waals surface area contributed by atoms with Gasteiger partial charge in [0, 0.05) is 32.7 Å². The third-order valence-corrected chi connectivity index (χ3v) is 5.09. The van der Waals surface area contributed by atoms with Crippen LogP contribution in [0.2, 0.25) is 0 Å². The number of benzene rings is 1. The number of rotatable bonds is 3. The van der Waals surface area contributed by atoms with E-state index in [-0.39, 0.29) is 12.5 Å². The standard InChI is InChI=1S/C19H25N3O5/c23-17(20-10-12-21(13-11-20)18(24)25)16-8-4-5-9-22(16)19(26)27-14-15-6-2-1-3-7-15/h1-3,6-7,16H,4-5,8-14H2,(H,24,25). The zero-order valence-corrected chi connectivity index (χ0v) is 15.2. The van der Waals surface area contributed by atoms with E-state index >= 15 is 0 Å². The van der Waals surface area contributed by atoms with Gasteiger partial charge in [-0.15, -0.1) is 0 Å². The van der Waals surface area contributed by atoms with Crippen LogP contribution in [0.25, 0.3) is 0 Å². The molecule has 2 fully saturated rings. The molecule has 1 N–H and O–H groups in total. The van der Waals surface area contributed by atoms with Crippen molar-refractivity contribution in [1.29, 1.82) is 0 Å². The molecule has 1 atom stereocenters. The van der Waals surface area contributed by atoms with E-state index in [1.165, 1.54) is 9.80 Å². The van der Waals surface area contributed by atoms with Gasteiger partial charge in [0.15, 0.2) is 0 Å². The van der Waals surface area contributed by atoms with E-state index in [4.69, 9.17) is 9.84 Å². The quantitative estimate of drug-likeness (QED) is 0.873. The first kappa shape index (κ1) is 19.0. The second-order valence-corrected chi connectivity index (χ2v) is 6.84. The van der Waals surface area contributed by atoms with Gasteiger partial charge >= 0.3 is 12.2 Å². The average molecular weight is 375 g/mol. The summed E-state index contributed by atoms with van der Waals surface area (Å²) in [6, 6.07) is 8.90. The van der Waals surface area contributed by atoms with Crippen LogP contribution in [0.5, 0.6) is 0 Å². The maximum absolute atomic E-state index is 12.9. The lowest BCUT2D eigenvalue weighted by molar-refractivity contribution is -0.139. The summed E-state index contributed by atoms with van der Waals surface area (Å²) in [5, 5.41) is 9.03. The van der Waals surface area contributed by atoms with E-state index in [0.717, 1.165) is 18.4 Å². The largest absolute Gasteiger partial charge is 0.465 e. The van der Waals surface area contributed by atoms with Crippen molar-refractivity contribution in [3.63, 3.8) is 0 Å². The highest BCUT2D eigenvalue weighted by molar-refractivity contribution is 5.86. The van der Waals surface area contributed by atoms with Gasteiger partial charge in [0.05, 0.1) is 0 Å². The zero-order chi connectivity index (χ0) is 19.2. The fourth-order valence-electron chi connectivity index (χ4n) is 3.54. The predicted octanol–water partition coefficient (Wildman–Crippen LogP) is 2.00. The molecule has 0 saturated carbocycles. The number of nitrogens with zero attached hydrogens (tertiary/aromatic N) is 3. The van der Waals surface area contributed by atoms with Gasteiger partial charge in [-0.2, -0.15) is 0 Å². The first-order chi connectivity index (χ1) is 13.1. The molecule has 3 rings (SSSR count). The van der Waals surface area contributed by atoms with Crippen LogP contribution >= 0.6 is 0 Å². The minimum absolute atomic E-state index is 0.114. The van der Waals surface area contributed by atoms with Crippen LogP contribution in [0.15, 0.2) is 30.3 Å². The SMILES string of the molecule is O=C(O)N1CCN(C(=O)C2CCCCN2C(=O)OCc2ccccc2)CC1. The molecule has 0 aromatic heterocycles. The number of likely N-dealkylation sites (tertiary alicyclic amines) is 1. The Bertz CT molecular complexity index is 673. The Labute approximate surface area is 158 Å². The third-order valence-electron chi connectivity index (χ3n) is 5.09. The van der Waals surface area contributed by atoms with Crippen LogP contribution in [-0.2, 0) is 16.1 Å². The van der Waals surface area contributed by atoms with Crippen molar-refractivity contribution in [3.8, 4) is 0 Å². The van der Waals surface area contributed by atoms with E-state index < -0.39 is 18.2 Å². The molecule has 2 aliphatic rings. The zero-order valence-electron chi connectivity index (χ0n) is 15.2. The molecule has 0 aliphatic carbocycles. The molecule has 2 aliphatic heterocycles. The van der Waals surface area contributed by atoms with Crippen molar-refractivity contribution >= 4 is 18.1 Å². The molecular formula is C19H25N3O5. The Balaban J connectivity index is 1.58. The highest BCUT2D eigenvalue weighted by atomic mass is 16.6. The van der Waals surface area contributed by atoms with E-state index in [1.54, 1.807) is 4.90 Å². The predicted molar refractivity (Wildman–Crippen MR) is 97.1 cm³/mol. The molecule has 2 saturated heterocycles. The van der Waals surface area contributed by atoms with Gasteiger partial charge in [-0.3, -0.25) is 9.69 Å². The number of amides is 3. The molecule has 0 bridgehead atoms. The lowest BCUT2D eigenvalue weighted by Gasteiger charge is -2.39. The van der Waals surface area contributed by atoms with Gasteiger partial charge in [-0.25, -0.2) is 9.59 Å². The Kier molecular flexibility index (Phi) is 6.16. The monoisotopic (exact) mass is 375 g/mol. The molecule has 8 nitrogen and oxygen atoms in total. The topological polar surface area (TPSA) is 90.4 Å². The number of hydrogen-bond donors (Lipinski definition) is 1. The van der Waals surface area contributed by atoms with Crippen molar-refractivity contribution < 1.29 is 24.2 Å². The number of carbonyl (C=O) groups excluding carboxylic acids is 2. The van der Waals surface area contributed by atoms with Crippen LogP contribution in [0, 0.1) is 0 Å². The van der Waals surface area contributed by atoms with Crippen molar-refractivity contribution in [2.24, 2.45) is 0 Å². The highest BCUT2D eigenvalue weighted by Gasteiger charge is 2.37. The average Bonchev–Trinajstić information content (AvgIpc) is 2.72. The van der Waals surface area contributed by atoms with Gasteiger partial charge in [-0.1, -0.05) is 30.3 Å². The summed E-state index contributed by atoms with van der Waals surface area (Å²) in [4.78, 5) is 41.0. The van der Waals surface area contributed by atoms with Crippen molar-refractivity contribution in [3.05, 3.63) is 35.9 Å². The summed E-state index contributed by atoms with van der Waals surface area (Å²) < 4.78 is 5.41. The van der Waals surface area contributed by atoms with Crippen LogP contribution in [0.4, 0.5) is 9.59 Å². The minimum Gasteiger partial charge on any atom is -0.465 e. The first-order valence-electron chi connectivity index (χ1n) is 9.30. The van der Waals surface area contributed by atoms with Gasteiger partial charge < -0.3 is 19.6 Å². The summed E-state index contributed by atoms with van der Waals surface area (Å²) in [6.45, 7) is 1.98. The van der Waals surface area contributed by atoms with E-state index in [9.17, 15) is 14.4 Å². The molecule has 27 heavy (non-hydrogen) atoms. The Morgan fingerprint density at radius 1 is 0.963 bits per heavy atom. The summed E-state index contributed by atoms with van der Waals surface area (Å²) in [6.07, 6.45) is 0.899. The minimum atomic E-state index is -0.967. The fraction of sp³-hybridized carbons (Fsp3) is 0.526. The molecule has 146 valence electrons. The molecule has 0 spiro atoms. The lowest BCUT2D eigenvalue weighted by atomic mass is 10.0. The van der Waals surface area contributed by atoms with E-state index in [2.05, 4.69) is 0 Å². The Morgan fingerprint density at radius 2 is 1.63 bits per heavy atom.